The number of rotatable bonds is 6. The summed E-state index contributed by atoms with van der Waals surface area (Å²) in [6.45, 7) is 0. The summed E-state index contributed by atoms with van der Waals surface area (Å²) in [7, 11) is 1.30. The maximum atomic E-state index is 12.9. The summed E-state index contributed by atoms with van der Waals surface area (Å²) in [4.78, 5) is 31.8. The number of H-pyrrole nitrogens is 1. The molecule has 1 saturated carbocycles. The molecule has 0 bridgehead atoms. The third kappa shape index (κ3) is 3.77. The minimum absolute atomic E-state index is 0.277. The number of carbonyl (C=O) groups excluding carboxylic acids is 2. The first-order valence-corrected chi connectivity index (χ1v) is 8.59. The molecule has 0 radical (unpaired) electrons. The molecule has 2 N–H and O–H groups in total. The third-order valence-electron chi connectivity index (χ3n) is 4.78. The van der Waals surface area contributed by atoms with Gasteiger partial charge in [-0.1, -0.05) is 12.3 Å². The Hall–Kier alpha value is -3.07. The summed E-state index contributed by atoms with van der Waals surface area (Å²) in [5.41, 5.74) is 3.01. The highest BCUT2D eigenvalue weighted by Crippen LogP contribution is 2.38. The molecule has 1 aromatic heterocycles. The Labute approximate surface area is 152 Å². The van der Waals surface area contributed by atoms with Crippen LogP contribution >= 0.6 is 0 Å². The minimum Gasteiger partial charge on any atom is -0.467 e. The van der Waals surface area contributed by atoms with Gasteiger partial charge in [-0.25, -0.2) is 9.78 Å². The molecule has 1 aliphatic rings. The number of ether oxygens (including phenoxy) is 1. The van der Waals surface area contributed by atoms with E-state index in [0.29, 0.717) is 11.5 Å². The Balaban J connectivity index is 1.83. The number of nitrogens with zero attached hydrogens (tertiary/aromatic N) is 1. The Bertz CT molecular complexity index is 832. The van der Waals surface area contributed by atoms with E-state index in [1.807, 2.05) is 6.07 Å². The van der Waals surface area contributed by atoms with E-state index in [0.717, 1.165) is 36.1 Å². The summed E-state index contributed by atoms with van der Waals surface area (Å²) in [5, 5.41) is 2.79. The lowest BCUT2D eigenvalue weighted by Gasteiger charge is -2.28. The first kappa shape index (κ1) is 17.7. The lowest BCUT2D eigenvalue weighted by Crippen LogP contribution is -2.43. The normalized spacial score (nSPS) is 14.8. The van der Waals surface area contributed by atoms with E-state index in [9.17, 15) is 9.59 Å². The molecule has 134 valence electrons. The zero-order valence-corrected chi connectivity index (χ0v) is 14.6. The van der Waals surface area contributed by atoms with Crippen LogP contribution in [0.3, 0.4) is 0 Å². The van der Waals surface area contributed by atoms with Crippen molar-refractivity contribution in [2.75, 3.05) is 7.11 Å². The molecule has 1 atom stereocenters. The van der Waals surface area contributed by atoms with Gasteiger partial charge in [-0.3, -0.25) is 4.79 Å². The van der Waals surface area contributed by atoms with E-state index in [2.05, 4.69) is 21.2 Å². The molecular weight excluding hydrogens is 330 g/mol. The number of terminal acetylenes is 1. The monoisotopic (exact) mass is 351 g/mol. The van der Waals surface area contributed by atoms with E-state index >= 15 is 0 Å². The molecule has 0 spiro atoms. The molecule has 1 fully saturated rings. The van der Waals surface area contributed by atoms with Gasteiger partial charge < -0.3 is 15.0 Å². The number of nitrogens with one attached hydrogen (secondary N) is 2. The molecule has 1 amide bonds. The number of hydrogen-bond donors (Lipinski definition) is 2. The maximum Gasteiger partial charge on any atom is 0.328 e. The van der Waals surface area contributed by atoms with E-state index in [1.165, 1.54) is 13.4 Å². The molecule has 0 saturated heterocycles. The van der Waals surface area contributed by atoms with E-state index < -0.39 is 12.0 Å². The predicted octanol–water partition coefficient (Wildman–Crippen LogP) is 2.17. The number of aromatic nitrogens is 2. The molecule has 3 rings (SSSR count). The van der Waals surface area contributed by atoms with Crippen LogP contribution in [-0.2, 0) is 16.0 Å². The lowest BCUT2D eigenvalue weighted by molar-refractivity contribution is -0.142. The number of benzene rings is 1. The third-order valence-corrected chi connectivity index (χ3v) is 4.78. The predicted molar refractivity (Wildman–Crippen MR) is 96.5 cm³/mol. The van der Waals surface area contributed by atoms with Gasteiger partial charge in [-0.15, -0.1) is 6.42 Å². The number of methoxy groups -OCH3 is 1. The Morgan fingerprint density at radius 2 is 2.27 bits per heavy atom. The zero-order valence-electron chi connectivity index (χ0n) is 14.6. The van der Waals surface area contributed by atoms with Crippen molar-refractivity contribution in [3.8, 4) is 12.3 Å². The summed E-state index contributed by atoms with van der Waals surface area (Å²) < 4.78 is 4.83. The van der Waals surface area contributed by atoms with Crippen LogP contribution in [0.25, 0.3) is 0 Å². The van der Waals surface area contributed by atoms with Crippen LogP contribution in [0.15, 0.2) is 30.7 Å². The topological polar surface area (TPSA) is 84.1 Å². The van der Waals surface area contributed by atoms with Gasteiger partial charge in [0.1, 0.15) is 6.04 Å². The largest absolute Gasteiger partial charge is 0.467 e. The molecule has 6 nitrogen and oxygen atoms in total. The Morgan fingerprint density at radius 3 is 2.85 bits per heavy atom. The van der Waals surface area contributed by atoms with Gasteiger partial charge in [0, 0.05) is 29.4 Å². The lowest BCUT2D eigenvalue weighted by atomic mass is 9.77. The Morgan fingerprint density at radius 1 is 1.46 bits per heavy atom. The van der Waals surface area contributed by atoms with Crippen LogP contribution in [0, 0.1) is 12.3 Å². The SMILES string of the molecule is C#Cc1ccc(C(=O)N[C@H](Cc2cnc[nH]2)C(=O)OC)c(C2CCC2)c1. The average Bonchev–Trinajstić information content (AvgIpc) is 3.11. The van der Waals surface area contributed by atoms with Crippen LogP contribution in [0.2, 0.25) is 0 Å². The van der Waals surface area contributed by atoms with Crippen LogP contribution in [-0.4, -0.2) is 35.0 Å². The second kappa shape index (κ2) is 7.87. The molecular formula is C20H21N3O3. The molecule has 1 aromatic carbocycles. The van der Waals surface area contributed by atoms with Crippen molar-refractivity contribution in [2.24, 2.45) is 0 Å². The van der Waals surface area contributed by atoms with Gasteiger partial charge in [0.25, 0.3) is 5.91 Å². The fraction of sp³-hybridized carbons (Fsp3) is 0.350. The van der Waals surface area contributed by atoms with Gasteiger partial charge in [0.15, 0.2) is 0 Å². The van der Waals surface area contributed by atoms with Crippen molar-refractivity contribution in [3.63, 3.8) is 0 Å². The zero-order chi connectivity index (χ0) is 18.5. The molecule has 1 heterocycles. The Kier molecular flexibility index (Phi) is 5.37. The van der Waals surface area contributed by atoms with Crippen LogP contribution in [0.1, 0.15) is 52.4 Å². The van der Waals surface area contributed by atoms with Crippen molar-refractivity contribution in [1.29, 1.82) is 0 Å². The highest BCUT2D eigenvalue weighted by Gasteiger charge is 2.28. The second-order valence-corrected chi connectivity index (χ2v) is 6.40. The fourth-order valence-corrected chi connectivity index (χ4v) is 3.10. The number of hydrogen-bond acceptors (Lipinski definition) is 4. The van der Waals surface area contributed by atoms with Crippen LogP contribution in [0.5, 0.6) is 0 Å². The summed E-state index contributed by atoms with van der Waals surface area (Å²) in [5.74, 6) is 2.16. The quantitative estimate of drug-likeness (QED) is 0.617. The molecule has 6 heteroatoms. The van der Waals surface area contributed by atoms with E-state index in [1.54, 1.807) is 18.3 Å². The number of imidazole rings is 1. The molecule has 2 aromatic rings. The average molecular weight is 351 g/mol. The first-order valence-electron chi connectivity index (χ1n) is 8.59. The number of aromatic amines is 1. The fourth-order valence-electron chi connectivity index (χ4n) is 3.10. The molecule has 0 aliphatic heterocycles. The van der Waals surface area contributed by atoms with Gasteiger partial charge in [0.2, 0.25) is 0 Å². The van der Waals surface area contributed by atoms with Gasteiger partial charge in [-0.2, -0.15) is 0 Å². The smallest absolute Gasteiger partial charge is 0.328 e. The van der Waals surface area contributed by atoms with Crippen molar-refractivity contribution < 1.29 is 14.3 Å². The first-order chi connectivity index (χ1) is 12.6. The highest BCUT2D eigenvalue weighted by molar-refractivity contribution is 5.98. The van der Waals surface area contributed by atoms with E-state index in [4.69, 9.17) is 11.2 Å². The van der Waals surface area contributed by atoms with Crippen molar-refractivity contribution >= 4 is 11.9 Å². The van der Waals surface area contributed by atoms with Gasteiger partial charge in [-0.05, 0) is 42.5 Å². The molecule has 0 unspecified atom stereocenters. The molecule has 26 heavy (non-hydrogen) atoms. The van der Waals surface area contributed by atoms with Gasteiger partial charge >= 0.3 is 5.97 Å². The second-order valence-electron chi connectivity index (χ2n) is 6.40. The standard InChI is InChI=1S/C20H21N3O3/c1-3-13-7-8-16(17(9-13)14-5-4-6-14)19(24)23-18(20(25)26-2)10-15-11-21-12-22-15/h1,7-9,11-12,14,18H,4-6,10H2,2H3,(H,21,22)(H,23,24)/t18-/m1/s1. The highest BCUT2D eigenvalue weighted by atomic mass is 16.5. The maximum absolute atomic E-state index is 12.9. The summed E-state index contributed by atoms with van der Waals surface area (Å²) >= 11 is 0. The van der Waals surface area contributed by atoms with Gasteiger partial charge in [0.05, 0.1) is 13.4 Å². The number of amides is 1. The van der Waals surface area contributed by atoms with E-state index in [-0.39, 0.29) is 12.3 Å². The molecule has 1 aliphatic carbocycles. The van der Waals surface area contributed by atoms with Crippen LogP contribution < -0.4 is 5.32 Å². The summed E-state index contributed by atoms with van der Waals surface area (Å²) in [6, 6.07) is 4.59. The minimum atomic E-state index is -0.797. The summed E-state index contributed by atoms with van der Waals surface area (Å²) in [6.07, 6.45) is 12.2. The van der Waals surface area contributed by atoms with Crippen LogP contribution in [0.4, 0.5) is 0 Å². The van der Waals surface area contributed by atoms with Crippen molar-refractivity contribution in [3.05, 3.63) is 53.1 Å². The van der Waals surface area contributed by atoms with Crippen molar-refractivity contribution in [2.45, 2.75) is 37.6 Å². The number of esters is 1. The number of carbonyl (C=O) groups is 2. The van der Waals surface area contributed by atoms with Crippen molar-refractivity contribution in [1.82, 2.24) is 15.3 Å².